The van der Waals surface area contributed by atoms with Crippen molar-refractivity contribution in [2.75, 3.05) is 31.1 Å². The summed E-state index contributed by atoms with van der Waals surface area (Å²) in [5.41, 5.74) is 0.885. The fraction of sp³-hybridized carbons (Fsp3) is 0.450. The van der Waals surface area contributed by atoms with Gasteiger partial charge >= 0.3 is 0 Å². The van der Waals surface area contributed by atoms with E-state index in [-0.39, 0.29) is 23.6 Å². The van der Waals surface area contributed by atoms with Crippen LogP contribution in [0.5, 0.6) is 0 Å². The number of hydrogen-bond donors (Lipinski definition) is 0. The fourth-order valence-corrected chi connectivity index (χ4v) is 4.24. The number of likely N-dealkylation sites (tertiary alicyclic amines) is 2. The number of nitrogens with zero attached hydrogens (tertiary/aromatic N) is 3. The van der Waals surface area contributed by atoms with Crippen molar-refractivity contribution in [1.29, 1.82) is 0 Å². The maximum atomic E-state index is 12.9. The van der Waals surface area contributed by atoms with Crippen LogP contribution in [0.25, 0.3) is 0 Å². The third kappa shape index (κ3) is 3.46. The van der Waals surface area contributed by atoms with E-state index in [1.165, 1.54) is 6.08 Å². The summed E-state index contributed by atoms with van der Waals surface area (Å²) in [4.78, 5) is 43.1. The number of amides is 3. The lowest BCUT2D eigenvalue weighted by Gasteiger charge is -2.35. The highest BCUT2D eigenvalue weighted by Gasteiger charge is 2.38. The van der Waals surface area contributed by atoms with Crippen LogP contribution in [0.4, 0.5) is 5.69 Å². The van der Waals surface area contributed by atoms with Gasteiger partial charge in [0.1, 0.15) is 5.70 Å². The third-order valence-electron chi connectivity index (χ3n) is 5.52. The van der Waals surface area contributed by atoms with Crippen molar-refractivity contribution >= 4 is 35.0 Å². The predicted molar refractivity (Wildman–Crippen MR) is 102 cm³/mol. The average Bonchev–Trinajstić information content (AvgIpc) is 3.31. The molecule has 1 aromatic carbocycles. The Balaban J connectivity index is 1.48. The number of imide groups is 1. The second-order valence-electron chi connectivity index (χ2n) is 7.30. The molecule has 3 heterocycles. The van der Waals surface area contributed by atoms with Crippen molar-refractivity contribution in [3.8, 4) is 0 Å². The van der Waals surface area contributed by atoms with E-state index >= 15 is 0 Å². The van der Waals surface area contributed by atoms with Gasteiger partial charge in [-0.1, -0.05) is 11.6 Å². The van der Waals surface area contributed by atoms with Gasteiger partial charge in [-0.25, -0.2) is 4.90 Å². The standard InChI is InChI=1S/C20H22ClN3O3/c21-15-5-7-16(8-6-15)24-18(25)12-17(20(24)27)23-11-3-4-14(13-23)19(26)22-9-1-2-10-22/h5-8,12,14H,1-4,9-11,13H2/t14-/m0/s1. The largest absolute Gasteiger partial charge is 0.366 e. The summed E-state index contributed by atoms with van der Waals surface area (Å²) in [5, 5.41) is 0.547. The molecule has 1 atom stereocenters. The number of anilines is 1. The Labute approximate surface area is 163 Å². The Hall–Kier alpha value is -2.34. The minimum Gasteiger partial charge on any atom is -0.366 e. The van der Waals surface area contributed by atoms with E-state index in [1.54, 1.807) is 24.3 Å². The molecule has 142 valence electrons. The minimum absolute atomic E-state index is 0.106. The predicted octanol–water partition coefficient (Wildman–Crippen LogP) is 2.43. The maximum Gasteiger partial charge on any atom is 0.281 e. The van der Waals surface area contributed by atoms with E-state index in [9.17, 15) is 14.4 Å². The molecule has 0 N–H and O–H groups in total. The Kier molecular flexibility index (Phi) is 4.91. The molecule has 4 rings (SSSR count). The van der Waals surface area contributed by atoms with Gasteiger partial charge in [-0.05, 0) is 49.9 Å². The Morgan fingerprint density at radius 3 is 2.41 bits per heavy atom. The number of halogens is 1. The molecule has 2 fully saturated rings. The summed E-state index contributed by atoms with van der Waals surface area (Å²) in [6, 6.07) is 6.62. The molecule has 1 aromatic rings. The van der Waals surface area contributed by atoms with Crippen LogP contribution in [0.3, 0.4) is 0 Å². The maximum absolute atomic E-state index is 12.9. The first-order chi connectivity index (χ1) is 13.0. The summed E-state index contributed by atoms with van der Waals surface area (Å²) in [7, 11) is 0. The first-order valence-electron chi connectivity index (χ1n) is 9.44. The van der Waals surface area contributed by atoms with Gasteiger partial charge < -0.3 is 9.80 Å². The van der Waals surface area contributed by atoms with Crippen molar-refractivity contribution in [3.05, 3.63) is 41.1 Å². The summed E-state index contributed by atoms with van der Waals surface area (Å²) < 4.78 is 0. The highest BCUT2D eigenvalue weighted by molar-refractivity contribution is 6.32. The smallest absolute Gasteiger partial charge is 0.281 e. The Bertz CT molecular complexity index is 799. The average molecular weight is 388 g/mol. The quantitative estimate of drug-likeness (QED) is 0.747. The highest BCUT2D eigenvalue weighted by atomic mass is 35.5. The van der Waals surface area contributed by atoms with Crippen molar-refractivity contribution in [1.82, 2.24) is 9.80 Å². The summed E-state index contributed by atoms with van der Waals surface area (Å²) >= 11 is 5.90. The summed E-state index contributed by atoms with van der Waals surface area (Å²) in [6.45, 7) is 2.84. The number of rotatable bonds is 3. The van der Waals surface area contributed by atoms with Gasteiger partial charge in [-0.15, -0.1) is 0 Å². The summed E-state index contributed by atoms with van der Waals surface area (Å²) in [5.74, 6) is -0.615. The molecule has 6 nitrogen and oxygen atoms in total. The molecule has 2 saturated heterocycles. The van der Waals surface area contributed by atoms with Crippen LogP contribution in [0.2, 0.25) is 5.02 Å². The molecule has 7 heteroatoms. The van der Waals surface area contributed by atoms with Gasteiger partial charge in [-0.2, -0.15) is 0 Å². The van der Waals surface area contributed by atoms with E-state index in [4.69, 9.17) is 11.6 Å². The molecule has 3 aliphatic heterocycles. The van der Waals surface area contributed by atoms with E-state index in [0.717, 1.165) is 43.7 Å². The number of hydrogen-bond acceptors (Lipinski definition) is 4. The SMILES string of the molecule is O=C([C@H]1CCCN(C2=CC(=O)N(c3ccc(Cl)cc3)C2=O)C1)N1CCCC1. The zero-order valence-corrected chi connectivity index (χ0v) is 15.8. The van der Waals surface area contributed by atoms with Crippen LogP contribution in [-0.2, 0) is 14.4 Å². The van der Waals surface area contributed by atoms with Crippen LogP contribution in [0.15, 0.2) is 36.0 Å². The molecule has 0 saturated carbocycles. The van der Waals surface area contributed by atoms with E-state index in [2.05, 4.69) is 0 Å². The Morgan fingerprint density at radius 1 is 1.00 bits per heavy atom. The Morgan fingerprint density at radius 2 is 1.70 bits per heavy atom. The molecular weight excluding hydrogens is 366 g/mol. The summed E-state index contributed by atoms with van der Waals surface area (Å²) in [6.07, 6.45) is 5.19. The molecule has 0 radical (unpaired) electrons. The van der Waals surface area contributed by atoms with Crippen molar-refractivity contribution < 1.29 is 14.4 Å². The molecular formula is C20H22ClN3O3. The van der Waals surface area contributed by atoms with Crippen LogP contribution in [-0.4, -0.2) is 53.7 Å². The number of carbonyl (C=O) groups excluding carboxylic acids is 3. The van der Waals surface area contributed by atoms with Gasteiger partial charge in [0.15, 0.2) is 0 Å². The second kappa shape index (κ2) is 7.35. The normalized spacial score (nSPS) is 23.2. The van der Waals surface area contributed by atoms with E-state index in [1.807, 2.05) is 9.80 Å². The van der Waals surface area contributed by atoms with Crippen molar-refractivity contribution in [2.24, 2.45) is 5.92 Å². The minimum atomic E-state index is -0.356. The van der Waals surface area contributed by atoms with Gasteiger partial charge in [0.05, 0.1) is 11.6 Å². The molecule has 0 unspecified atom stereocenters. The van der Waals surface area contributed by atoms with Gasteiger partial charge in [-0.3, -0.25) is 14.4 Å². The first kappa shape index (κ1) is 18.0. The topological polar surface area (TPSA) is 60.9 Å². The molecule has 0 aliphatic carbocycles. The molecule has 3 amide bonds. The highest BCUT2D eigenvalue weighted by Crippen LogP contribution is 2.29. The number of benzene rings is 1. The number of piperidine rings is 1. The molecule has 0 spiro atoms. The molecule has 0 aromatic heterocycles. The lowest BCUT2D eigenvalue weighted by atomic mass is 9.96. The van der Waals surface area contributed by atoms with Crippen LogP contribution in [0.1, 0.15) is 25.7 Å². The van der Waals surface area contributed by atoms with Gasteiger partial charge in [0.25, 0.3) is 11.8 Å². The van der Waals surface area contributed by atoms with Gasteiger partial charge in [0.2, 0.25) is 5.91 Å². The zero-order valence-electron chi connectivity index (χ0n) is 15.1. The van der Waals surface area contributed by atoms with Crippen LogP contribution < -0.4 is 4.90 Å². The number of carbonyl (C=O) groups is 3. The van der Waals surface area contributed by atoms with E-state index < -0.39 is 0 Å². The zero-order chi connectivity index (χ0) is 19.0. The second-order valence-corrected chi connectivity index (χ2v) is 7.74. The first-order valence-corrected chi connectivity index (χ1v) is 9.82. The van der Waals surface area contributed by atoms with Gasteiger partial charge in [0, 0.05) is 37.3 Å². The monoisotopic (exact) mass is 387 g/mol. The lowest BCUT2D eigenvalue weighted by molar-refractivity contribution is -0.136. The lowest BCUT2D eigenvalue weighted by Crippen LogP contribution is -2.45. The molecule has 0 bridgehead atoms. The van der Waals surface area contributed by atoms with Crippen molar-refractivity contribution in [3.63, 3.8) is 0 Å². The van der Waals surface area contributed by atoms with Crippen molar-refractivity contribution in [2.45, 2.75) is 25.7 Å². The van der Waals surface area contributed by atoms with Crippen LogP contribution in [0, 0.1) is 5.92 Å². The molecule has 27 heavy (non-hydrogen) atoms. The van der Waals surface area contributed by atoms with Crippen LogP contribution >= 0.6 is 11.6 Å². The van der Waals surface area contributed by atoms with E-state index in [0.29, 0.717) is 29.5 Å². The molecule has 3 aliphatic rings. The fourth-order valence-electron chi connectivity index (χ4n) is 4.11. The third-order valence-corrected chi connectivity index (χ3v) is 5.77.